The summed E-state index contributed by atoms with van der Waals surface area (Å²) in [5.41, 5.74) is 5.53. The zero-order valence-electron chi connectivity index (χ0n) is 7.75. The zero-order valence-corrected chi connectivity index (χ0v) is 8.57. The van der Waals surface area contributed by atoms with Crippen LogP contribution in [-0.4, -0.2) is 28.8 Å². The van der Waals surface area contributed by atoms with Gasteiger partial charge in [0.15, 0.2) is 0 Å². The van der Waals surface area contributed by atoms with Gasteiger partial charge in [-0.1, -0.05) is 0 Å². The highest BCUT2D eigenvalue weighted by Crippen LogP contribution is 2.28. The summed E-state index contributed by atoms with van der Waals surface area (Å²) in [7, 11) is 0. The summed E-state index contributed by atoms with van der Waals surface area (Å²) in [5, 5.41) is 8.99. The van der Waals surface area contributed by atoms with Crippen molar-refractivity contribution in [2.24, 2.45) is 11.7 Å². The molecule has 1 saturated heterocycles. The van der Waals surface area contributed by atoms with E-state index in [1.165, 1.54) is 24.3 Å². The van der Waals surface area contributed by atoms with Crippen LogP contribution in [0.3, 0.4) is 0 Å². The molecule has 2 nitrogen and oxygen atoms in total. The molecule has 0 saturated carbocycles. The fraction of sp³-hybridized carbons (Fsp3) is 1.00. The predicted octanol–water partition coefficient (Wildman–Crippen LogP) is 1.23. The lowest BCUT2D eigenvalue weighted by Crippen LogP contribution is -2.42. The van der Waals surface area contributed by atoms with Gasteiger partial charge in [-0.2, -0.15) is 11.8 Å². The van der Waals surface area contributed by atoms with E-state index in [-0.39, 0.29) is 12.1 Å². The van der Waals surface area contributed by atoms with Crippen molar-refractivity contribution in [1.29, 1.82) is 0 Å². The maximum Gasteiger partial charge on any atom is 0.0608 e. The molecule has 0 amide bonds. The molecule has 0 aromatic rings. The summed E-state index contributed by atoms with van der Waals surface area (Å²) in [5.74, 6) is 3.26. The van der Waals surface area contributed by atoms with Gasteiger partial charge in [0.1, 0.15) is 0 Å². The molecule has 0 aromatic carbocycles. The molecule has 0 bridgehead atoms. The number of nitrogens with two attached hydrogens (primary N) is 1. The van der Waals surface area contributed by atoms with E-state index in [4.69, 9.17) is 10.8 Å². The van der Waals surface area contributed by atoms with Crippen molar-refractivity contribution >= 4 is 11.8 Å². The van der Waals surface area contributed by atoms with Crippen LogP contribution in [0.5, 0.6) is 0 Å². The third kappa shape index (κ3) is 3.33. The lowest BCUT2D eigenvalue weighted by atomic mass is 9.89. The van der Waals surface area contributed by atoms with E-state index in [1.807, 2.05) is 18.7 Å². The van der Waals surface area contributed by atoms with Crippen molar-refractivity contribution in [2.75, 3.05) is 18.1 Å². The number of thioether (sulfide) groups is 1. The Labute approximate surface area is 78.9 Å². The van der Waals surface area contributed by atoms with E-state index >= 15 is 0 Å². The highest BCUT2D eigenvalue weighted by Gasteiger charge is 2.24. The van der Waals surface area contributed by atoms with Gasteiger partial charge in [-0.05, 0) is 43.6 Å². The van der Waals surface area contributed by atoms with Gasteiger partial charge in [0.25, 0.3) is 0 Å². The first kappa shape index (κ1) is 10.4. The quantitative estimate of drug-likeness (QED) is 0.702. The van der Waals surface area contributed by atoms with Gasteiger partial charge in [-0.3, -0.25) is 0 Å². The molecule has 0 spiro atoms. The second-order valence-corrected chi connectivity index (χ2v) is 5.25. The van der Waals surface area contributed by atoms with Crippen LogP contribution in [0.15, 0.2) is 0 Å². The van der Waals surface area contributed by atoms with E-state index in [0.29, 0.717) is 0 Å². The molecular weight excluding hydrogens is 170 g/mol. The summed E-state index contributed by atoms with van der Waals surface area (Å²) in [6, 6.07) is 0. The second kappa shape index (κ2) is 4.49. The smallest absolute Gasteiger partial charge is 0.0608 e. The fourth-order valence-electron chi connectivity index (χ4n) is 1.69. The van der Waals surface area contributed by atoms with Gasteiger partial charge in [-0.15, -0.1) is 0 Å². The molecule has 0 radical (unpaired) electrons. The van der Waals surface area contributed by atoms with Gasteiger partial charge in [0.2, 0.25) is 0 Å². The van der Waals surface area contributed by atoms with Gasteiger partial charge < -0.3 is 10.8 Å². The number of rotatable bonds is 3. The Morgan fingerprint density at radius 3 is 2.92 bits per heavy atom. The standard InChI is InChI=1S/C9H19NOS/c1-9(10,7-11)5-8-3-2-4-12-6-8/h8,11H,2-7,10H2,1H3. The van der Waals surface area contributed by atoms with Crippen LogP contribution in [0.2, 0.25) is 0 Å². The zero-order chi connectivity index (χ0) is 9.03. The van der Waals surface area contributed by atoms with Crippen molar-refractivity contribution in [3.05, 3.63) is 0 Å². The lowest BCUT2D eigenvalue weighted by molar-refractivity contribution is 0.182. The van der Waals surface area contributed by atoms with E-state index in [2.05, 4.69) is 0 Å². The average molecular weight is 189 g/mol. The molecule has 3 heteroatoms. The lowest BCUT2D eigenvalue weighted by Gasteiger charge is -2.29. The maximum atomic E-state index is 8.99. The van der Waals surface area contributed by atoms with Gasteiger partial charge in [0, 0.05) is 5.54 Å². The third-order valence-electron chi connectivity index (χ3n) is 2.37. The molecule has 2 unspecified atom stereocenters. The number of aliphatic hydroxyl groups excluding tert-OH is 1. The van der Waals surface area contributed by atoms with Gasteiger partial charge in [-0.25, -0.2) is 0 Å². The van der Waals surface area contributed by atoms with Crippen LogP contribution in [-0.2, 0) is 0 Å². The van der Waals surface area contributed by atoms with Crippen molar-refractivity contribution in [3.8, 4) is 0 Å². The van der Waals surface area contributed by atoms with E-state index in [9.17, 15) is 0 Å². The molecule has 1 heterocycles. The van der Waals surface area contributed by atoms with Crippen LogP contribution in [0.1, 0.15) is 26.2 Å². The highest BCUT2D eigenvalue weighted by molar-refractivity contribution is 7.99. The Bertz CT molecular complexity index is 132. The summed E-state index contributed by atoms with van der Waals surface area (Å²) in [6.07, 6.45) is 3.58. The normalized spacial score (nSPS) is 29.8. The minimum atomic E-state index is -0.359. The van der Waals surface area contributed by atoms with Crippen LogP contribution in [0.25, 0.3) is 0 Å². The Kier molecular flexibility index (Phi) is 3.87. The van der Waals surface area contributed by atoms with Crippen molar-refractivity contribution in [2.45, 2.75) is 31.7 Å². The first-order valence-corrected chi connectivity index (χ1v) is 5.77. The molecule has 0 aromatic heterocycles. The molecule has 12 heavy (non-hydrogen) atoms. The average Bonchev–Trinajstić information content (AvgIpc) is 2.06. The van der Waals surface area contributed by atoms with Crippen LogP contribution in [0.4, 0.5) is 0 Å². The first-order chi connectivity index (χ1) is 5.64. The van der Waals surface area contributed by atoms with Crippen molar-refractivity contribution in [1.82, 2.24) is 0 Å². The van der Waals surface area contributed by atoms with E-state index in [1.54, 1.807) is 0 Å². The minimum Gasteiger partial charge on any atom is -0.394 e. The van der Waals surface area contributed by atoms with Gasteiger partial charge in [0.05, 0.1) is 6.61 Å². The Hall–Kier alpha value is 0.270. The van der Waals surface area contributed by atoms with Crippen molar-refractivity contribution in [3.63, 3.8) is 0 Å². The molecule has 2 atom stereocenters. The summed E-state index contributed by atoms with van der Waals surface area (Å²) >= 11 is 2.02. The molecule has 0 aliphatic carbocycles. The SMILES string of the molecule is CC(N)(CO)CC1CCCSC1. The molecule has 3 N–H and O–H groups in total. The van der Waals surface area contributed by atoms with Crippen LogP contribution < -0.4 is 5.73 Å². The minimum absolute atomic E-state index is 0.105. The molecule has 1 aliphatic rings. The summed E-state index contributed by atoms with van der Waals surface area (Å²) in [4.78, 5) is 0. The molecule has 1 rings (SSSR count). The largest absolute Gasteiger partial charge is 0.394 e. The first-order valence-electron chi connectivity index (χ1n) is 4.61. The predicted molar refractivity (Wildman–Crippen MR) is 54.3 cm³/mol. The molecule has 72 valence electrons. The van der Waals surface area contributed by atoms with Crippen molar-refractivity contribution < 1.29 is 5.11 Å². The van der Waals surface area contributed by atoms with Crippen LogP contribution in [0, 0.1) is 5.92 Å². The summed E-state index contributed by atoms with van der Waals surface area (Å²) < 4.78 is 0. The Morgan fingerprint density at radius 2 is 2.42 bits per heavy atom. The fourth-order valence-corrected chi connectivity index (χ4v) is 2.85. The topological polar surface area (TPSA) is 46.2 Å². The highest BCUT2D eigenvalue weighted by atomic mass is 32.2. The maximum absolute atomic E-state index is 8.99. The van der Waals surface area contributed by atoms with E-state index in [0.717, 1.165) is 12.3 Å². The third-order valence-corrected chi connectivity index (χ3v) is 3.66. The second-order valence-electron chi connectivity index (χ2n) is 4.10. The number of aliphatic hydroxyl groups is 1. The Balaban J connectivity index is 2.28. The number of hydrogen-bond donors (Lipinski definition) is 2. The molecular formula is C9H19NOS. The monoisotopic (exact) mass is 189 g/mol. The summed E-state index contributed by atoms with van der Waals surface area (Å²) in [6.45, 7) is 2.04. The van der Waals surface area contributed by atoms with Crippen LogP contribution >= 0.6 is 11.8 Å². The number of hydrogen-bond acceptors (Lipinski definition) is 3. The van der Waals surface area contributed by atoms with E-state index < -0.39 is 0 Å². The Morgan fingerprint density at radius 1 is 1.67 bits per heavy atom. The molecule has 1 fully saturated rings. The van der Waals surface area contributed by atoms with Gasteiger partial charge >= 0.3 is 0 Å². The molecule has 1 aliphatic heterocycles.